The number of amides is 2. The lowest BCUT2D eigenvalue weighted by atomic mass is 10.1. The summed E-state index contributed by atoms with van der Waals surface area (Å²) in [4.78, 5) is 36.6. The second-order valence-corrected chi connectivity index (χ2v) is 5.21. The maximum absolute atomic E-state index is 12.4. The Morgan fingerprint density at radius 3 is 2.78 bits per heavy atom. The first kappa shape index (κ1) is 16.7. The van der Waals surface area contributed by atoms with E-state index < -0.39 is 11.9 Å². The minimum absolute atomic E-state index is 0.112. The number of carbonyl (C=O) groups is 3. The molecule has 122 valence electrons. The third-order valence-corrected chi connectivity index (χ3v) is 3.65. The van der Waals surface area contributed by atoms with Crippen LogP contribution in [0.15, 0.2) is 36.4 Å². The second-order valence-electron chi connectivity index (χ2n) is 5.21. The van der Waals surface area contributed by atoms with Gasteiger partial charge in [-0.25, -0.2) is 4.79 Å². The summed E-state index contributed by atoms with van der Waals surface area (Å²) in [6, 6.07) is 7.82. The average molecular weight is 316 g/mol. The molecule has 6 nitrogen and oxygen atoms in total. The van der Waals surface area contributed by atoms with Gasteiger partial charge in [0.2, 0.25) is 11.8 Å². The summed E-state index contributed by atoms with van der Waals surface area (Å²) in [6.45, 7) is 0.530. The predicted octanol–water partition coefficient (Wildman–Crippen LogP) is 1.20. The van der Waals surface area contributed by atoms with E-state index >= 15 is 0 Å². The number of ether oxygens (including phenoxy) is 1. The van der Waals surface area contributed by atoms with Crippen molar-refractivity contribution in [2.75, 3.05) is 25.1 Å². The van der Waals surface area contributed by atoms with E-state index in [1.165, 1.54) is 7.11 Å². The van der Waals surface area contributed by atoms with Crippen molar-refractivity contribution in [2.45, 2.75) is 19.3 Å². The molecule has 0 fully saturated rings. The summed E-state index contributed by atoms with van der Waals surface area (Å²) in [5.41, 5.74) is 2.06. The lowest BCUT2D eigenvalue weighted by Gasteiger charge is -2.23. The van der Waals surface area contributed by atoms with E-state index in [1.807, 2.05) is 24.3 Å². The van der Waals surface area contributed by atoms with Crippen molar-refractivity contribution in [3.05, 3.63) is 42.0 Å². The number of benzene rings is 1. The summed E-state index contributed by atoms with van der Waals surface area (Å²) in [5, 5.41) is 2.49. The van der Waals surface area contributed by atoms with Gasteiger partial charge in [-0.05, 0) is 30.9 Å². The van der Waals surface area contributed by atoms with Crippen LogP contribution < -0.4 is 10.2 Å². The van der Waals surface area contributed by atoms with Gasteiger partial charge >= 0.3 is 5.97 Å². The highest BCUT2D eigenvalue weighted by Crippen LogP contribution is 2.25. The van der Waals surface area contributed by atoms with E-state index in [0.29, 0.717) is 6.54 Å². The number of para-hydroxylation sites is 1. The molecule has 0 radical (unpaired) electrons. The first-order valence-corrected chi connectivity index (χ1v) is 7.54. The van der Waals surface area contributed by atoms with Crippen molar-refractivity contribution in [2.24, 2.45) is 0 Å². The third-order valence-electron chi connectivity index (χ3n) is 3.65. The van der Waals surface area contributed by atoms with Gasteiger partial charge in [0, 0.05) is 24.4 Å². The Bertz CT molecular complexity index is 625. The molecule has 0 saturated heterocycles. The number of esters is 1. The lowest BCUT2D eigenvalue weighted by molar-refractivity contribution is -0.135. The molecule has 2 amide bonds. The molecule has 0 aromatic heterocycles. The normalized spacial score (nSPS) is 14.0. The van der Waals surface area contributed by atoms with E-state index in [0.717, 1.165) is 42.7 Å². The Balaban J connectivity index is 1.97. The highest BCUT2D eigenvalue weighted by molar-refractivity contribution is 6.00. The first-order valence-electron chi connectivity index (χ1n) is 7.54. The van der Waals surface area contributed by atoms with Crippen LogP contribution >= 0.6 is 0 Å². The Kier molecular flexibility index (Phi) is 5.91. The molecule has 0 unspecified atom stereocenters. The van der Waals surface area contributed by atoms with Gasteiger partial charge < -0.3 is 15.0 Å². The molecule has 1 aliphatic heterocycles. The van der Waals surface area contributed by atoms with Crippen LogP contribution in [0.3, 0.4) is 0 Å². The molecule has 0 atom stereocenters. The van der Waals surface area contributed by atoms with E-state index in [1.54, 1.807) is 4.90 Å². The molecule has 1 heterocycles. The van der Waals surface area contributed by atoms with Crippen molar-refractivity contribution in [3.63, 3.8) is 0 Å². The molecule has 1 aliphatic rings. The number of fused-ring (bicyclic) bond motifs is 1. The smallest absolute Gasteiger partial charge is 0.330 e. The highest BCUT2D eigenvalue weighted by Gasteiger charge is 2.20. The largest absolute Gasteiger partial charge is 0.466 e. The monoisotopic (exact) mass is 316 g/mol. The zero-order chi connectivity index (χ0) is 16.7. The number of nitrogens with zero attached hydrogens (tertiary/aromatic N) is 1. The standard InChI is InChI=1S/C17H20N2O4/c1-23-17(22)10-9-15(20)18-12-16(21)19-11-5-4-7-13-6-2-3-8-14(13)19/h2-3,6,8-10H,4-5,7,11-12H2,1H3,(H,18,20)/b10-9+. The van der Waals surface area contributed by atoms with Gasteiger partial charge in [0.15, 0.2) is 0 Å². The zero-order valence-corrected chi connectivity index (χ0v) is 13.1. The van der Waals surface area contributed by atoms with Crippen LogP contribution in [0.1, 0.15) is 18.4 Å². The summed E-state index contributed by atoms with van der Waals surface area (Å²) >= 11 is 0. The Labute approximate surface area is 135 Å². The van der Waals surface area contributed by atoms with Crippen LogP contribution in [-0.4, -0.2) is 38.0 Å². The summed E-state index contributed by atoms with van der Waals surface area (Å²) in [7, 11) is 1.23. The third kappa shape index (κ3) is 4.67. The van der Waals surface area contributed by atoms with Crippen molar-refractivity contribution in [3.8, 4) is 0 Å². The Hall–Kier alpha value is -2.63. The summed E-state index contributed by atoms with van der Waals surface area (Å²) < 4.78 is 4.39. The van der Waals surface area contributed by atoms with Crippen molar-refractivity contribution in [1.29, 1.82) is 0 Å². The van der Waals surface area contributed by atoms with Crippen LogP contribution in [0.25, 0.3) is 0 Å². The van der Waals surface area contributed by atoms with E-state index in [2.05, 4.69) is 10.1 Å². The van der Waals surface area contributed by atoms with Crippen molar-refractivity contribution < 1.29 is 19.1 Å². The zero-order valence-electron chi connectivity index (χ0n) is 13.1. The minimum atomic E-state index is -0.618. The van der Waals surface area contributed by atoms with E-state index in [4.69, 9.17) is 0 Å². The maximum Gasteiger partial charge on any atom is 0.330 e. The molecule has 0 bridgehead atoms. The lowest BCUT2D eigenvalue weighted by Crippen LogP contribution is -2.40. The van der Waals surface area contributed by atoms with Crippen molar-refractivity contribution in [1.82, 2.24) is 5.32 Å². The minimum Gasteiger partial charge on any atom is -0.466 e. The van der Waals surface area contributed by atoms with Crippen LogP contribution in [0.5, 0.6) is 0 Å². The van der Waals surface area contributed by atoms with E-state index in [-0.39, 0.29) is 12.5 Å². The fraction of sp³-hybridized carbons (Fsp3) is 0.353. The molecule has 23 heavy (non-hydrogen) atoms. The topological polar surface area (TPSA) is 75.7 Å². The highest BCUT2D eigenvalue weighted by atomic mass is 16.5. The Morgan fingerprint density at radius 1 is 1.22 bits per heavy atom. The number of hydrogen-bond donors (Lipinski definition) is 1. The fourth-order valence-corrected chi connectivity index (χ4v) is 2.48. The van der Waals surface area contributed by atoms with Crippen LogP contribution in [0, 0.1) is 0 Å². The van der Waals surface area contributed by atoms with Crippen molar-refractivity contribution >= 4 is 23.5 Å². The number of hydrogen-bond acceptors (Lipinski definition) is 4. The quantitative estimate of drug-likeness (QED) is 0.669. The molecule has 2 rings (SSSR count). The number of nitrogens with one attached hydrogen (secondary N) is 1. The molecular weight excluding hydrogens is 296 g/mol. The molecule has 1 aromatic rings. The summed E-state index contributed by atoms with van der Waals surface area (Å²) in [5.74, 6) is -1.29. The van der Waals surface area contributed by atoms with Crippen LogP contribution in [0.4, 0.5) is 5.69 Å². The average Bonchev–Trinajstić information content (AvgIpc) is 2.80. The maximum atomic E-state index is 12.4. The van der Waals surface area contributed by atoms with Crippen LogP contribution in [0.2, 0.25) is 0 Å². The van der Waals surface area contributed by atoms with Gasteiger partial charge in [-0.2, -0.15) is 0 Å². The van der Waals surface area contributed by atoms with Crippen LogP contribution in [-0.2, 0) is 25.5 Å². The van der Waals surface area contributed by atoms with Gasteiger partial charge in [-0.1, -0.05) is 18.2 Å². The molecule has 6 heteroatoms. The van der Waals surface area contributed by atoms with Gasteiger partial charge in [-0.3, -0.25) is 9.59 Å². The summed E-state index contributed by atoms with van der Waals surface area (Å²) in [6.07, 6.45) is 4.98. The Morgan fingerprint density at radius 2 is 2.00 bits per heavy atom. The fourth-order valence-electron chi connectivity index (χ4n) is 2.48. The number of aryl methyl sites for hydroxylation is 1. The first-order chi connectivity index (χ1) is 11.1. The molecule has 1 N–H and O–H groups in total. The van der Waals surface area contributed by atoms with Gasteiger partial charge in [0.05, 0.1) is 13.7 Å². The number of methoxy groups -OCH3 is 1. The molecule has 1 aromatic carbocycles. The second kappa shape index (κ2) is 8.12. The van der Waals surface area contributed by atoms with E-state index in [9.17, 15) is 14.4 Å². The SMILES string of the molecule is COC(=O)/C=C/C(=O)NCC(=O)N1CCCCc2ccccc21. The number of anilines is 1. The molecular formula is C17H20N2O4. The number of carbonyl (C=O) groups excluding carboxylic acids is 3. The van der Waals surface area contributed by atoms with Gasteiger partial charge in [0.25, 0.3) is 0 Å². The molecule has 0 spiro atoms. The predicted molar refractivity (Wildman–Crippen MR) is 85.9 cm³/mol. The molecule has 0 aliphatic carbocycles. The molecule has 0 saturated carbocycles. The van der Waals surface area contributed by atoms with Gasteiger partial charge in [-0.15, -0.1) is 0 Å². The number of rotatable bonds is 4. The van der Waals surface area contributed by atoms with Gasteiger partial charge in [0.1, 0.15) is 0 Å².